The molecule has 0 saturated heterocycles. The third-order valence-electron chi connectivity index (χ3n) is 2.64. The number of halogens is 1. The van der Waals surface area contributed by atoms with Crippen LogP contribution in [-0.4, -0.2) is 29.4 Å². The molecule has 0 saturated carbocycles. The van der Waals surface area contributed by atoms with Gasteiger partial charge in [-0.2, -0.15) is 0 Å². The van der Waals surface area contributed by atoms with Gasteiger partial charge in [-0.15, -0.1) is 11.8 Å². The Balaban J connectivity index is 2.07. The number of thioether (sulfide) groups is 1. The van der Waals surface area contributed by atoms with Crippen LogP contribution in [-0.2, 0) is 9.53 Å². The zero-order valence-electron chi connectivity index (χ0n) is 12.0. The summed E-state index contributed by atoms with van der Waals surface area (Å²) < 4.78 is 6.00. The summed E-state index contributed by atoms with van der Waals surface area (Å²) in [7, 11) is 0. The summed E-state index contributed by atoms with van der Waals surface area (Å²) in [5.41, 5.74) is 0.144. The zero-order chi connectivity index (χ0) is 15.6. The lowest BCUT2D eigenvalue weighted by Crippen LogP contribution is -2.46. The van der Waals surface area contributed by atoms with Crippen LogP contribution < -0.4 is 10.6 Å². The highest BCUT2D eigenvalue weighted by atomic mass is 79.9. The number of para-hydroxylation sites is 1. The lowest BCUT2D eigenvalue weighted by Gasteiger charge is -2.22. The Morgan fingerprint density at radius 2 is 2.19 bits per heavy atom. The maximum Gasteiger partial charge on any atom is 0.408 e. The third-order valence-corrected chi connectivity index (χ3v) is 4.45. The fourth-order valence-corrected chi connectivity index (χ4v) is 3.42. The predicted octanol–water partition coefficient (Wildman–Crippen LogP) is 3.39. The summed E-state index contributed by atoms with van der Waals surface area (Å²) in [5.74, 6) is 0.202. The molecule has 1 atom stereocenters. The van der Waals surface area contributed by atoms with Crippen molar-refractivity contribution in [3.05, 3.63) is 22.7 Å². The average molecular weight is 373 g/mol. The summed E-state index contributed by atoms with van der Waals surface area (Å²) in [6.07, 6.45) is -0.590. The van der Waals surface area contributed by atoms with Crippen LogP contribution >= 0.6 is 27.7 Å². The minimum absolute atomic E-state index is 0.251. The van der Waals surface area contributed by atoms with Crippen LogP contribution in [0.15, 0.2) is 27.6 Å². The first-order valence-corrected chi connectivity index (χ1v) is 8.26. The fraction of sp³-hybridized carbons (Fsp3) is 0.429. The molecule has 0 fully saturated rings. The number of hydrogen-bond acceptors (Lipinski definition) is 4. The predicted molar refractivity (Wildman–Crippen MR) is 86.7 cm³/mol. The van der Waals surface area contributed by atoms with E-state index in [1.54, 1.807) is 20.8 Å². The molecule has 7 heteroatoms. The second-order valence-corrected chi connectivity index (χ2v) is 7.53. The van der Waals surface area contributed by atoms with Crippen molar-refractivity contribution in [1.29, 1.82) is 0 Å². The maximum atomic E-state index is 12.2. The smallest absolute Gasteiger partial charge is 0.408 e. The van der Waals surface area contributed by atoms with Gasteiger partial charge in [0.15, 0.2) is 0 Å². The molecule has 1 aliphatic heterocycles. The highest BCUT2D eigenvalue weighted by molar-refractivity contribution is 9.10. The Morgan fingerprint density at radius 1 is 1.48 bits per heavy atom. The first-order chi connectivity index (χ1) is 9.76. The van der Waals surface area contributed by atoms with Crippen LogP contribution in [0.4, 0.5) is 10.5 Å². The van der Waals surface area contributed by atoms with Crippen LogP contribution in [0.5, 0.6) is 0 Å². The second-order valence-electron chi connectivity index (χ2n) is 5.61. The van der Waals surface area contributed by atoms with Crippen LogP contribution in [0.25, 0.3) is 0 Å². The lowest BCUT2D eigenvalue weighted by atomic mass is 10.2. The second kappa shape index (κ2) is 6.27. The molecule has 0 aromatic heterocycles. The van der Waals surface area contributed by atoms with Gasteiger partial charge < -0.3 is 15.4 Å². The van der Waals surface area contributed by atoms with E-state index >= 15 is 0 Å². The number of hydrogen-bond donors (Lipinski definition) is 2. The minimum atomic E-state index is -0.635. The Hall–Kier alpha value is -1.21. The lowest BCUT2D eigenvalue weighted by molar-refractivity contribution is -0.117. The summed E-state index contributed by atoms with van der Waals surface area (Å²) in [6, 6.07) is 5.07. The van der Waals surface area contributed by atoms with Crippen molar-refractivity contribution in [3.8, 4) is 0 Å². The van der Waals surface area contributed by atoms with Crippen LogP contribution in [0.1, 0.15) is 20.8 Å². The van der Waals surface area contributed by atoms with Crippen molar-refractivity contribution in [2.45, 2.75) is 37.3 Å². The Morgan fingerprint density at radius 3 is 2.86 bits per heavy atom. The molecule has 5 nitrogen and oxygen atoms in total. The molecule has 2 rings (SSSR count). The average Bonchev–Trinajstić information content (AvgIpc) is 2.49. The number of ether oxygens (including phenoxy) is 1. The summed E-state index contributed by atoms with van der Waals surface area (Å²) >= 11 is 4.93. The molecule has 114 valence electrons. The van der Waals surface area contributed by atoms with E-state index in [4.69, 9.17) is 4.74 Å². The van der Waals surface area contributed by atoms with E-state index in [-0.39, 0.29) is 5.91 Å². The Bertz CT molecular complexity index is 572. The third kappa shape index (κ3) is 4.38. The van der Waals surface area contributed by atoms with Crippen molar-refractivity contribution in [2.75, 3.05) is 11.1 Å². The van der Waals surface area contributed by atoms with E-state index in [2.05, 4.69) is 26.6 Å². The molecule has 0 radical (unpaired) electrons. The number of fused-ring (bicyclic) bond motifs is 1. The molecule has 0 spiro atoms. The SMILES string of the molecule is CC(C)(C)OC(=O)NC1CSc2cccc(Br)c2NC1=O. The molecular weight excluding hydrogens is 356 g/mol. The number of amides is 2. The quantitative estimate of drug-likeness (QED) is 0.792. The molecule has 1 aromatic carbocycles. The van der Waals surface area contributed by atoms with Gasteiger partial charge in [0.2, 0.25) is 5.91 Å². The molecule has 1 heterocycles. The number of carbonyl (C=O) groups excluding carboxylic acids is 2. The highest BCUT2D eigenvalue weighted by Crippen LogP contribution is 2.36. The number of nitrogens with one attached hydrogen (secondary N) is 2. The van der Waals surface area contributed by atoms with Crippen molar-refractivity contribution in [3.63, 3.8) is 0 Å². The summed E-state index contributed by atoms with van der Waals surface area (Å²) in [5, 5.41) is 5.44. The van der Waals surface area contributed by atoms with Gasteiger partial charge >= 0.3 is 6.09 Å². The number of alkyl carbamates (subject to hydrolysis) is 1. The van der Waals surface area contributed by atoms with Crippen molar-refractivity contribution in [1.82, 2.24) is 5.32 Å². The maximum absolute atomic E-state index is 12.2. The van der Waals surface area contributed by atoms with E-state index in [1.807, 2.05) is 18.2 Å². The molecule has 1 unspecified atom stereocenters. The number of anilines is 1. The van der Waals surface area contributed by atoms with Crippen molar-refractivity contribution in [2.24, 2.45) is 0 Å². The van der Waals surface area contributed by atoms with E-state index in [9.17, 15) is 9.59 Å². The van der Waals surface area contributed by atoms with Gasteiger partial charge in [-0.1, -0.05) is 6.07 Å². The van der Waals surface area contributed by atoms with Crippen molar-refractivity contribution >= 4 is 45.4 Å². The molecule has 2 N–H and O–H groups in total. The topological polar surface area (TPSA) is 67.4 Å². The zero-order valence-corrected chi connectivity index (χ0v) is 14.4. The Labute approximate surface area is 136 Å². The molecule has 0 aliphatic carbocycles. The normalized spacial score (nSPS) is 18.3. The molecular formula is C14H17BrN2O3S. The van der Waals surface area contributed by atoms with Crippen LogP contribution in [0.3, 0.4) is 0 Å². The standard InChI is InChI=1S/C14H17BrN2O3S/c1-14(2,3)20-13(19)16-9-7-21-10-6-4-5-8(15)11(10)17-12(9)18/h4-6,9H,7H2,1-3H3,(H,16,19)(H,17,18). The number of carbonyl (C=O) groups is 2. The van der Waals surface area contributed by atoms with Gasteiger partial charge in [0.25, 0.3) is 0 Å². The number of benzene rings is 1. The largest absolute Gasteiger partial charge is 0.444 e. The van der Waals surface area contributed by atoms with Crippen LogP contribution in [0, 0.1) is 0 Å². The molecule has 2 amide bonds. The molecule has 0 bridgehead atoms. The summed E-state index contributed by atoms with van der Waals surface area (Å²) in [6.45, 7) is 5.34. The Kier molecular flexibility index (Phi) is 4.83. The molecule has 21 heavy (non-hydrogen) atoms. The number of rotatable bonds is 1. The van der Waals surface area contributed by atoms with Gasteiger partial charge in [-0.05, 0) is 48.8 Å². The van der Waals surface area contributed by atoms with Gasteiger partial charge in [-0.25, -0.2) is 4.79 Å². The van der Waals surface area contributed by atoms with E-state index in [0.717, 1.165) is 15.1 Å². The summed E-state index contributed by atoms with van der Waals surface area (Å²) in [4.78, 5) is 25.0. The highest BCUT2D eigenvalue weighted by Gasteiger charge is 2.28. The minimum Gasteiger partial charge on any atom is -0.444 e. The van der Waals surface area contributed by atoms with Crippen molar-refractivity contribution < 1.29 is 14.3 Å². The fourth-order valence-electron chi connectivity index (χ4n) is 1.76. The van der Waals surface area contributed by atoms with E-state index in [1.165, 1.54) is 11.8 Å². The van der Waals surface area contributed by atoms with Gasteiger partial charge in [0.05, 0.1) is 5.69 Å². The van der Waals surface area contributed by atoms with Gasteiger partial charge in [0.1, 0.15) is 11.6 Å². The van der Waals surface area contributed by atoms with Gasteiger partial charge in [0, 0.05) is 15.1 Å². The van der Waals surface area contributed by atoms with Gasteiger partial charge in [-0.3, -0.25) is 4.79 Å². The first-order valence-electron chi connectivity index (χ1n) is 6.48. The molecule has 1 aromatic rings. The van der Waals surface area contributed by atoms with E-state index < -0.39 is 17.7 Å². The molecule has 1 aliphatic rings. The van der Waals surface area contributed by atoms with Crippen LogP contribution in [0.2, 0.25) is 0 Å². The van der Waals surface area contributed by atoms with E-state index in [0.29, 0.717) is 5.75 Å². The first kappa shape index (κ1) is 16.2. The monoisotopic (exact) mass is 372 g/mol.